The van der Waals surface area contributed by atoms with E-state index in [0.717, 1.165) is 0 Å². The molecule has 0 unspecified atom stereocenters. The minimum Gasteiger partial charge on any atom is -0.322 e. The molecule has 6 heteroatoms. The fourth-order valence-corrected chi connectivity index (χ4v) is 3.01. The fourth-order valence-electron chi connectivity index (χ4n) is 2.54. The fraction of sp³-hybridized carbons (Fsp3) is 0.0455. The molecule has 0 atom stereocenters. The molecule has 0 aliphatic rings. The molecule has 0 aromatic heterocycles. The van der Waals surface area contributed by atoms with Crippen LogP contribution < -0.4 is 10.6 Å². The van der Waals surface area contributed by atoms with Crippen LogP contribution in [-0.2, 0) is 0 Å². The highest BCUT2D eigenvalue weighted by Gasteiger charge is 2.11. The minimum absolute atomic E-state index is 0.0296. The van der Waals surface area contributed by atoms with Crippen molar-refractivity contribution in [1.29, 1.82) is 0 Å². The van der Waals surface area contributed by atoms with Gasteiger partial charge in [-0.3, -0.25) is 14.4 Å². The van der Waals surface area contributed by atoms with E-state index in [1.165, 1.54) is 6.92 Å². The number of amides is 2. The predicted octanol–water partition coefficient (Wildman–Crippen LogP) is 5.16. The molecule has 140 valence electrons. The molecule has 0 saturated carbocycles. The van der Waals surface area contributed by atoms with Gasteiger partial charge in [0.2, 0.25) is 0 Å². The molecule has 0 aliphatic heterocycles. The van der Waals surface area contributed by atoms with Crippen molar-refractivity contribution in [3.05, 3.63) is 94.0 Å². The second-order valence-electron chi connectivity index (χ2n) is 6.10. The van der Waals surface area contributed by atoms with E-state index < -0.39 is 0 Å². The van der Waals surface area contributed by atoms with Crippen LogP contribution in [0.5, 0.6) is 0 Å². The Morgan fingerprint density at radius 3 is 1.71 bits per heavy atom. The first kappa shape index (κ1) is 19.5. The van der Waals surface area contributed by atoms with Crippen LogP contribution in [0.4, 0.5) is 11.4 Å². The summed E-state index contributed by atoms with van der Waals surface area (Å²) in [5.41, 5.74) is 2.75. The monoisotopic (exact) mass is 436 g/mol. The van der Waals surface area contributed by atoms with E-state index in [1.54, 1.807) is 66.7 Å². The minimum atomic E-state index is -0.278. The van der Waals surface area contributed by atoms with E-state index in [0.29, 0.717) is 32.5 Å². The average Bonchev–Trinajstić information content (AvgIpc) is 2.69. The topological polar surface area (TPSA) is 75.3 Å². The van der Waals surface area contributed by atoms with Gasteiger partial charge in [-0.15, -0.1) is 0 Å². The predicted molar refractivity (Wildman–Crippen MR) is 113 cm³/mol. The third kappa shape index (κ3) is 4.72. The zero-order valence-electron chi connectivity index (χ0n) is 15.0. The Hall–Kier alpha value is -3.25. The van der Waals surface area contributed by atoms with Crippen molar-refractivity contribution in [2.45, 2.75) is 6.92 Å². The first-order valence-corrected chi connectivity index (χ1v) is 9.31. The Kier molecular flexibility index (Phi) is 6.01. The number of carbonyl (C=O) groups is 3. The first-order valence-electron chi connectivity index (χ1n) is 8.52. The van der Waals surface area contributed by atoms with Crippen molar-refractivity contribution >= 4 is 44.9 Å². The van der Waals surface area contributed by atoms with Crippen molar-refractivity contribution in [2.75, 3.05) is 10.6 Å². The lowest BCUT2D eigenvalue weighted by molar-refractivity contribution is 0.101. The van der Waals surface area contributed by atoms with Gasteiger partial charge in [0, 0.05) is 27.0 Å². The molecule has 0 fully saturated rings. The van der Waals surface area contributed by atoms with Crippen LogP contribution in [0.2, 0.25) is 0 Å². The van der Waals surface area contributed by atoms with Crippen LogP contribution in [0.15, 0.2) is 77.3 Å². The van der Waals surface area contributed by atoms with Crippen molar-refractivity contribution in [3.8, 4) is 0 Å². The van der Waals surface area contributed by atoms with Gasteiger partial charge in [0.05, 0.1) is 5.56 Å². The molecule has 28 heavy (non-hydrogen) atoms. The molecule has 2 N–H and O–H groups in total. The lowest BCUT2D eigenvalue weighted by Crippen LogP contribution is -2.14. The molecular formula is C22H17BrN2O3. The molecule has 0 radical (unpaired) electrons. The molecule has 3 aromatic rings. The third-order valence-electron chi connectivity index (χ3n) is 4.07. The Bertz CT molecular complexity index is 1030. The summed E-state index contributed by atoms with van der Waals surface area (Å²) in [6.07, 6.45) is 0. The number of anilines is 2. The highest BCUT2D eigenvalue weighted by molar-refractivity contribution is 9.10. The molecule has 0 heterocycles. The smallest absolute Gasteiger partial charge is 0.256 e. The highest BCUT2D eigenvalue weighted by atomic mass is 79.9. The summed E-state index contributed by atoms with van der Waals surface area (Å²) in [4.78, 5) is 36.0. The maximum absolute atomic E-state index is 12.4. The number of ketones is 1. The molecule has 3 rings (SSSR count). The SMILES string of the molecule is CC(=O)c1ccc(NC(=O)c2ccc(NC(=O)c3ccccc3Br)cc2)cc1. The van der Waals surface area contributed by atoms with Crippen LogP contribution in [0, 0.1) is 0 Å². The van der Waals surface area contributed by atoms with Crippen LogP contribution >= 0.6 is 15.9 Å². The van der Waals surface area contributed by atoms with Gasteiger partial charge in [0.15, 0.2) is 5.78 Å². The Morgan fingerprint density at radius 2 is 1.18 bits per heavy atom. The number of nitrogens with one attached hydrogen (secondary N) is 2. The van der Waals surface area contributed by atoms with Crippen molar-refractivity contribution in [1.82, 2.24) is 0 Å². The summed E-state index contributed by atoms with van der Waals surface area (Å²) in [6, 6.07) is 20.4. The number of benzene rings is 3. The van der Waals surface area contributed by atoms with E-state index in [4.69, 9.17) is 0 Å². The third-order valence-corrected chi connectivity index (χ3v) is 4.76. The van der Waals surface area contributed by atoms with Crippen LogP contribution in [-0.4, -0.2) is 17.6 Å². The molecule has 0 spiro atoms. The van der Waals surface area contributed by atoms with Gasteiger partial charge in [-0.25, -0.2) is 0 Å². The first-order chi connectivity index (χ1) is 13.4. The molecule has 5 nitrogen and oxygen atoms in total. The van der Waals surface area contributed by atoms with Gasteiger partial charge < -0.3 is 10.6 Å². The second kappa shape index (κ2) is 8.63. The van der Waals surface area contributed by atoms with Crippen LogP contribution in [0.1, 0.15) is 38.0 Å². The number of carbonyl (C=O) groups excluding carboxylic acids is 3. The van der Waals surface area contributed by atoms with E-state index >= 15 is 0 Å². The van der Waals surface area contributed by atoms with Gasteiger partial charge >= 0.3 is 0 Å². The van der Waals surface area contributed by atoms with Gasteiger partial charge in [-0.2, -0.15) is 0 Å². The van der Waals surface area contributed by atoms with Crippen molar-refractivity contribution in [2.24, 2.45) is 0 Å². The van der Waals surface area contributed by atoms with E-state index in [2.05, 4.69) is 26.6 Å². The summed E-state index contributed by atoms with van der Waals surface area (Å²) in [6.45, 7) is 1.49. The number of rotatable bonds is 5. The number of hydrogen-bond donors (Lipinski definition) is 2. The van der Waals surface area contributed by atoms with Gasteiger partial charge in [-0.1, -0.05) is 12.1 Å². The Balaban J connectivity index is 1.65. The van der Waals surface area contributed by atoms with E-state index in [1.807, 2.05) is 6.07 Å². The molecule has 2 amide bonds. The largest absolute Gasteiger partial charge is 0.322 e. The molecule has 0 aliphatic carbocycles. The normalized spacial score (nSPS) is 10.2. The van der Waals surface area contributed by atoms with Crippen LogP contribution in [0.3, 0.4) is 0 Å². The van der Waals surface area contributed by atoms with Gasteiger partial charge in [0.25, 0.3) is 11.8 Å². The van der Waals surface area contributed by atoms with Gasteiger partial charge in [-0.05, 0) is 83.5 Å². The lowest BCUT2D eigenvalue weighted by atomic mass is 10.1. The molecule has 0 bridgehead atoms. The zero-order valence-corrected chi connectivity index (χ0v) is 16.6. The summed E-state index contributed by atoms with van der Waals surface area (Å²) in [7, 11) is 0. The molecule has 3 aromatic carbocycles. The summed E-state index contributed by atoms with van der Waals surface area (Å²) < 4.78 is 0.708. The molecular weight excluding hydrogens is 420 g/mol. The van der Waals surface area contributed by atoms with Crippen molar-refractivity contribution in [3.63, 3.8) is 0 Å². The van der Waals surface area contributed by atoms with Crippen molar-refractivity contribution < 1.29 is 14.4 Å². The quantitative estimate of drug-likeness (QED) is 0.542. The van der Waals surface area contributed by atoms with Crippen LogP contribution in [0.25, 0.3) is 0 Å². The number of halogens is 1. The maximum Gasteiger partial charge on any atom is 0.256 e. The highest BCUT2D eigenvalue weighted by Crippen LogP contribution is 2.19. The molecule has 0 saturated heterocycles. The second-order valence-corrected chi connectivity index (χ2v) is 6.95. The number of hydrogen-bond acceptors (Lipinski definition) is 3. The lowest BCUT2D eigenvalue weighted by Gasteiger charge is -2.09. The Morgan fingerprint density at radius 1 is 0.679 bits per heavy atom. The summed E-state index contributed by atoms with van der Waals surface area (Å²) in [5, 5.41) is 5.57. The maximum atomic E-state index is 12.4. The standard InChI is InChI=1S/C22H17BrN2O3/c1-14(26)15-6-10-17(11-7-15)24-21(27)16-8-12-18(13-9-16)25-22(28)19-4-2-3-5-20(19)23/h2-13H,1H3,(H,24,27)(H,25,28). The summed E-state index contributed by atoms with van der Waals surface area (Å²) >= 11 is 3.35. The van der Waals surface area contributed by atoms with Gasteiger partial charge in [0.1, 0.15) is 0 Å². The Labute approximate surface area is 170 Å². The average molecular weight is 437 g/mol. The van der Waals surface area contributed by atoms with E-state index in [9.17, 15) is 14.4 Å². The number of Topliss-reactive ketones (excluding diaryl/α,β-unsaturated/α-hetero) is 1. The van der Waals surface area contributed by atoms with E-state index in [-0.39, 0.29) is 17.6 Å². The summed E-state index contributed by atoms with van der Waals surface area (Å²) in [5.74, 6) is -0.549. The zero-order chi connectivity index (χ0) is 20.1.